The molecule has 2 aromatic heterocycles. The number of thioether (sulfide) groups is 1. The van der Waals surface area contributed by atoms with Crippen LogP contribution in [0.5, 0.6) is 0 Å². The van der Waals surface area contributed by atoms with Crippen molar-refractivity contribution in [3.63, 3.8) is 0 Å². The van der Waals surface area contributed by atoms with Crippen molar-refractivity contribution in [1.29, 1.82) is 0 Å². The summed E-state index contributed by atoms with van der Waals surface area (Å²) in [6, 6.07) is 6.38. The lowest BCUT2D eigenvalue weighted by molar-refractivity contribution is 0.0102. The average Bonchev–Trinajstić information content (AvgIpc) is 3.54. The van der Waals surface area contributed by atoms with Crippen molar-refractivity contribution < 1.29 is 9.53 Å². The van der Waals surface area contributed by atoms with Gasteiger partial charge in [-0.3, -0.25) is 4.79 Å². The molecular weight excluding hydrogens is 456 g/mol. The fourth-order valence-corrected chi connectivity index (χ4v) is 5.64. The van der Waals surface area contributed by atoms with E-state index in [1.54, 1.807) is 24.3 Å². The number of carbonyl (C=O) groups excluding carboxylic acids is 1. The molecule has 33 heavy (non-hydrogen) atoms. The maximum absolute atomic E-state index is 12.9. The van der Waals surface area contributed by atoms with E-state index in [9.17, 15) is 4.79 Å². The monoisotopic (exact) mass is 486 g/mol. The fourth-order valence-electron chi connectivity index (χ4n) is 3.74. The summed E-state index contributed by atoms with van der Waals surface area (Å²) in [5.41, 5.74) is 3.54. The number of hydrogen-bond acceptors (Lipinski definition) is 8. The van der Waals surface area contributed by atoms with Crippen LogP contribution in [0.15, 0.2) is 41.3 Å². The maximum Gasteiger partial charge on any atom is 0.284 e. The van der Waals surface area contributed by atoms with E-state index in [4.69, 9.17) is 4.74 Å². The van der Waals surface area contributed by atoms with Gasteiger partial charge < -0.3 is 19.5 Å². The molecule has 0 spiro atoms. The van der Waals surface area contributed by atoms with Gasteiger partial charge in [0.2, 0.25) is 5.01 Å². The van der Waals surface area contributed by atoms with E-state index in [0.29, 0.717) is 18.1 Å². The van der Waals surface area contributed by atoms with Crippen LogP contribution in [0.2, 0.25) is 0 Å². The number of amides is 1. The molecule has 3 heterocycles. The van der Waals surface area contributed by atoms with Gasteiger partial charge in [0.15, 0.2) is 4.34 Å². The molecule has 0 atom stereocenters. The Morgan fingerprint density at radius 1 is 1.30 bits per heavy atom. The Morgan fingerprint density at radius 3 is 2.88 bits per heavy atom. The topological polar surface area (TPSA) is 85.2 Å². The van der Waals surface area contributed by atoms with E-state index in [1.165, 1.54) is 22.5 Å². The molecule has 0 aliphatic carbocycles. The Balaban J connectivity index is 1.26. The van der Waals surface area contributed by atoms with Crippen LogP contribution in [0.1, 0.15) is 40.7 Å². The Kier molecular flexibility index (Phi) is 8.49. The number of likely N-dealkylation sites (tertiary alicyclic amines) is 1. The van der Waals surface area contributed by atoms with Crippen molar-refractivity contribution >= 4 is 29.0 Å². The second-order valence-corrected chi connectivity index (χ2v) is 10.2. The van der Waals surface area contributed by atoms with Crippen molar-refractivity contribution in [2.24, 2.45) is 0 Å². The summed E-state index contributed by atoms with van der Waals surface area (Å²) in [4.78, 5) is 18.8. The molecule has 3 aromatic rings. The fraction of sp³-hybridized carbons (Fsp3) is 0.478. The molecule has 1 amide bonds. The Labute approximate surface area is 202 Å². The normalized spacial score (nSPS) is 14.7. The van der Waals surface area contributed by atoms with Crippen LogP contribution in [0.3, 0.4) is 0 Å². The number of rotatable bonds is 10. The predicted molar refractivity (Wildman–Crippen MR) is 131 cm³/mol. The number of likely N-dealkylation sites (N-methyl/N-ethyl adjacent to an activating group) is 1. The molecule has 1 N–H and O–H groups in total. The van der Waals surface area contributed by atoms with Crippen molar-refractivity contribution in [2.75, 3.05) is 32.8 Å². The smallest absolute Gasteiger partial charge is 0.284 e. The highest BCUT2D eigenvalue weighted by atomic mass is 32.2. The zero-order chi connectivity index (χ0) is 23.0. The van der Waals surface area contributed by atoms with Gasteiger partial charge in [-0.05, 0) is 49.6 Å². The van der Waals surface area contributed by atoms with E-state index in [2.05, 4.69) is 52.5 Å². The quantitative estimate of drug-likeness (QED) is 0.346. The zero-order valence-corrected chi connectivity index (χ0v) is 20.7. The van der Waals surface area contributed by atoms with Gasteiger partial charge in [0, 0.05) is 43.5 Å². The summed E-state index contributed by atoms with van der Waals surface area (Å²) >= 11 is 3.00. The molecule has 1 aliphatic rings. The molecule has 4 rings (SSSR count). The lowest BCUT2D eigenvalue weighted by atomic mass is 10.1. The predicted octanol–water partition coefficient (Wildman–Crippen LogP) is 3.56. The molecule has 1 saturated heterocycles. The Bertz CT molecular complexity index is 1030. The number of hydrogen-bond donors (Lipinski definition) is 1. The summed E-state index contributed by atoms with van der Waals surface area (Å²) in [6.45, 7) is 8.15. The summed E-state index contributed by atoms with van der Waals surface area (Å²) in [5.74, 6) is 0.764. The van der Waals surface area contributed by atoms with Crippen LogP contribution < -0.4 is 5.32 Å². The first-order valence-corrected chi connectivity index (χ1v) is 13.1. The number of carbonyl (C=O) groups is 1. The first kappa shape index (κ1) is 23.9. The van der Waals surface area contributed by atoms with Crippen molar-refractivity contribution in [3.8, 4) is 5.69 Å². The largest absolute Gasteiger partial charge is 0.377 e. The number of aryl methyl sites for hydroxylation is 1. The third-order valence-electron chi connectivity index (χ3n) is 5.68. The molecule has 1 fully saturated rings. The maximum atomic E-state index is 12.9. The van der Waals surface area contributed by atoms with Gasteiger partial charge in [0.25, 0.3) is 5.91 Å². The summed E-state index contributed by atoms with van der Waals surface area (Å²) in [7, 11) is 0. The molecule has 0 unspecified atom stereocenters. The highest BCUT2D eigenvalue weighted by Crippen LogP contribution is 2.29. The van der Waals surface area contributed by atoms with Gasteiger partial charge in [0.1, 0.15) is 0 Å². The molecule has 0 radical (unpaired) electrons. The third kappa shape index (κ3) is 6.41. The number of nitrogens with zero attached hydrogens (tertiary/aromatic N) is 5. The number of imidazole rings is 1. The standard InChI is InChI=1S/C23H30N6O2S2/c1-3-24-9-13-31-20-6-10-28(11-7-20)22(30)21-26-27-23(33-21)32-15-18-4-5-19(14-17(18)2)29-12-8-25-16-29/h4-5,8,12,14,16,20,24H,3,6-7,9-11,13,15H2,1-2H3. The molecule has 176 valence electrons. The van der Waals surface area contributed by atoms with Crippen LogP contribution in [0.25, 0.3) is 5.69 Å². The summed E-state index contributed by atoms with van der Waals surface area (Å²) < 4.78 is 8.71. The van der Waals surface area contributed by atoms with Crippen molar-refractivity contribution in [2.45, 2.75) is 42.9 Å². The second-order valence-electron chi connectivity index (χ2n) is 7.96. The van der Waals surface area contributed by atoms with E-state index in [-0.39, 0.29) is 12.0 Å². The van der Waals surface area contributed by atoms with Crippen molar-refractivity contribution in [3.05, 3.63) is 53.1 Å². The minimum Gasteiger partial charge on any atom is -0.377 e. The van der Waals surface area contributed by atoms with Crippen LogP contribution in [0, 0.1) is 6.92 Å². The van der Waals surface area contributed by atoms with Crippen molar-refractivity contribution in [1.82, 2.24) is 30.0 Å². The van der Waals surface area contributed by atoms with Crippen LogP contribution in [-0.2, 0) is 10.5 Å². The molecular formula is C23H30N6O2S2. The highest BCUT2D eigenvalue weighted by molar-refractivity contribution is 8.00. The van der Waals surface area contributed by atoms with Gasteiger partial charge in [-0.1, -0.05) is 36.1 Å². The average molecular weight is 487 g/mol. The molecule has 8 nitrogen and oxygen atoms in total. The first-order valence-electron chi connectivity index (χ1n) is 11.3. The van der Waals surface area contributed by atoms with Gasteiger partial charge in [0.05, 0.1) is 19.0 Å². The first-order chi connectivity index (χ1) is 16.1. The Hall–Kier alpha value is -2.27. The highest BCUT2D eigenvalue weighted by Gasteiger charge is 2.26. The van der Waals surface area contributed by atoms with Gasteiger partial charge in [-0.2, -0.15) is 0 Å². The lowest BCUT2D eigenvalue weighted by Gasteiger charge is -2.31. The molecule has 0 saturated carbocycles. The molecule has 1 aromatic carbocycles. The number of piperidine rings is 1. The molecule has 10 heteroatoms. The number of nitrogens with one attached hydrogen (secondary N) is 1. The van der Waals surface area contributed by atoms with E-state index < -0.39 is 0 Å². The Morgan fingerprint density at radius 2 is 2.15 bits per heavy atom. The van der Waals surface area contributed by atoms with E-state index >= 15 is 0 Å². The third-order valence-corrected chi connectivity index (χ3v) is 7.77. The summed E-state index contributed by atoms with van der Waals surface area (Å²) in [6.07, 6.45) is 7.47. The van der Waals surface area contributed by atoms with E-state index in [1.807, 2.05) is 15.7 Å². The lowest BCUT2D eigenvalue weighted by Crippen LogP contribution is -2.41. The minimum atomic E-state index is -0.0219. The van der Waals surface area contributed by atoms with Crippen LogP contribution >= 0.6 is 23.1 Å². The minimum absolute atomic E-state index is 0.0219. The van der Waals surface area contributed by atoms with E-state index in [0.717, 1.165) is 48.3 Å². The number of aromatic nitrogens is 4. The second kappa shape index (κ2) is 11.7. The van der Waals surface area contributed by atoms with Gasteiger partial charge >= 0.3 is 0 Å². The van der Waals surface area contributed by atoms with Crippen LogP contribution in [-0.4, -0.2) is 69.4 Å². The van der Waals surface area contributed by atoms with Crippen LogP contribution in [0.4, 0.5) is 0 Å². The number of ether oxygens (including phenoxy) is 1. The SMILES string of the molecule is CCNCCOC1CCN(C(=O)c2nnc(SCc3ccc(-n4ccnc4)cc3C)s2)CC1. The molecule has 1 aliphatic heterocycles. The zero-order valence-electron chi connectivity index (χ0n) is 19.1. The van der Waals surface area contributed by atoms with Gasteiger partial charge in [-0.15, -0.1) is 10.2 Å². The molecule has 0 bridgehead atoms. The number of benzene rings is 1. The van der Waals surface area contributed by atoms with Gasteiger partial charge in [-0.25, -0.2) is 4.98 Å². The summed E-state index contributed by atoms with van der Waals surface area (Å²) in [5, 5.41) is 12.1.